The molecule has 0 aromatic heterocycles. The minimum Gasteiger partial charge on any atom is -0.496 e. The SMILES string of the molecule is CCNC(=NCc1cc(OC)c(OC)cc1OC)N1CCSC(CC)C1. The summed E-state index contributed by atoms with van der Waals surface area (Å²) in [6.07, 6.45) is 1.18. The van der Waals surface area contributed by atoms with Crippen LogP contribution < -0.4 is 19.5 Å². The van der Waals surface area contributed by atoms with Crippen LogP contribution in [-0.2, 0) is 6.54 Å². The molecular weight excluding hydrogens is 350 g/mol. The van der Waals surface area contributed by atoms with Crippen molar-refractivity contribution >= 4 is 17.7 Å². The molecule has 2 rings (SSSR count). The fraction of sp³-hybridized carbons (Fsp3) is 0.632. The van der Waals surface area contributed by atoms with Crippen molar-refractivity contribution in [2.24, 2.45) is 4.99 Å². The summed E-state index contributed by atoms with van der Waals surface area (Å²) in [5.74, 6) is 4.19. The third kappa shape index (κ3) is 5.13. The van der Waals surface area contributed by atoms with Crippen LogP contribution in [0.1, 0.15) is 25.8 Å². The Morgan fingerprint density at radius 2 is 1.85 bits per heavy atom. The Kier molecular flexibility index (Phi) is 8.22. The predicted molar refractivity (Wildman–Crippen MR) is 109 cm³/mol. The van der Waals surface area contributed by atoms with E-state index in [1.807, 2.05) is 12.1 Å². The number of thioether (sulfide) groups is 1. The van der Waals surface area contributed by atoms with Crippen LogP contribution in [0, 0.1) is 0 Å². The Morgan fingerprint density at radius 1 is 1.15 bits per heavy atom. The first-order valence-corrected chi connectivity index (χ1v) is 10.1. The van der Waals surface area contributed by atoms with Gasteiger partial charge in [0.05, 0.1) is 27.9 Å². The molecular formula is C19H31N3O3S. The molecule has 1 N–H and O–H groups in total. The van der Waals surface area contributed by atoms with Crippen LogP contribution in [0.2, 0.25) is 0 Å². The van der Waals surface area contributed by atoms with Crippen molar-refractivity contribution in [3.8, 4) is 17.2 Å². The highest BCUT2D eigenvalue weighted by atomic mass is 32.2. The number of rotatable bonds is 7. The molecule has 146 valence electrons. The van der Waals surface area contributed by atoms with E-state index >= 15 is 0 Å². The molecule has 1 saturated heterocycles. The van der Waals surface area contributed by atoms with Crippen LogP contribution in [0.5, 0.6) is 17.2 Å². The number of guanidine groups is 1. The van der Waals surface area contributed by atoms with Crippen molar-refractivity contribution in [3.05, 3.63) is 17.7 Å². The Labute approximate surface area is 161 Å². The highest BCUT2D eigenvalue weighted by Crippen LogP contribution is 2.35. The highest BCUT2D eigenvalue weighted by Gasteiger charge is 2.21. The average molecular weight is 382 g/mol. The third-order valence-electron chi connectivity index (χ3n) is 4.41. The van der Waals surface area contributed by atoms with E-state index in [2.05, 4.69) is 35.8 Å². The Balaban J connectivity index is 2.23. The molecule has 0 radical (unpaired) electrons. The highest BCUT2D eigenvalue weighted by molar-refractivity contribution is 8.00. The number of hydrogen-bond donors (Lipinski definition) is 1. The second-order valence-electron chi connectivity index (χ2n) is 6.04. The second kappa shape index (κ2) is 10.4. The predicted octanol–water partition coefficient (Wildman–Crippen LogP) is 3.01. The molecule has 0 aliphatic carbocycles. The topological polar surface area (TPSA) is 55.3 Å². The lowest BCUT2D eigenvalue weighted by Crippen LogP contribution is -2.48. The molecule has 1 aliphatic rings. The fourth-order valence-electron chi connectivity index (χ4n) is 2.96. The van der Waals surface area contributed by atoms with E-state index in [-0.39, 0.29) is 0 Å². The summed E-state index contributed by atoms with van der Waals surface area (Å²) in [6.45, 7) is 7.78. The van der Waals surface area contributed by atoms with E-state index in [0.29, 0.717) is 23.3 Å². The number of benzene rings is 1. The van der Waals surface area contributed by atoms with Crippen molar-refractivity contribution < 1.29 is 14.2 Å². The number of ether oxygens (including phenoxy) is 3. The molecule has 0 spiro atoms. The first-order valence-electron chi connectivity index (χ1n) is 9.10. The maximum Gasteiger partial charge on any atom is 0.194 e. The van der Waals surface area contributed by atoms with E-state index in [0.717, 1.165) is 42.7 Å². The summed E-state index contributed by atoms with van der Waals surface area (Å²) < 4.78 is 16.3. The van der Waals surface area contributed by atoms with Crippen molar-refractivity contribution in [1.82, 2.24) is 10.2 Å². The van der Waals surface area contributed by atoms with Gasteiger partial charge in [-0.1, -0.05) is 6.92 Å². The Bertz CT molecular complexity index is 610. The average Bonchev–Trinajstić information content (AvgIpc) is 2.70. The number of nitrogens with zero attached hydrogens (tertiary/aromatic N) is 2. The fourth-order valence-corrected chi connectivity index (χ4v) is 4.14. The van der Waals surface area contributed by atoms with Gasteiger partial charge >= 0.3 is 0 Å². The summed E-state index contributed by atoms with van der Waals surface area (Å²) in [4.78, 5) is 7.22. The molecule has 1 atom stereocenters. The smallest absolute Gasteiger partial charge is 0.194 e. The maximum atomic E-state index is 5.52. The van der Waals surface area contributed by atoms with Crippen molar-refractivity contribution in [2.45, 2.75) is 32.1 Å². The van der Waals surface area contributed by atoms with Gasteiger partial charge in [-0.25, -0.2) is 4.99 Å². The van der Waals surface area contributed by atoms with Gasteiger partial charge in [0.2, 0.25) is 0 Å². The lowest BCUT2D eigenvalue weighted by molar-refractivity contribution is 0.347. The first kappa shape index (κ1) is 20.6. The third-order valence-corrected chi connectivity index (χ3v) is 5.79. The van der Waals surface area contributed by atoms with Crippen LogP contribution >= 0.6 is 11.8 Å². The van der Waals surface area contributed by atoms with Crippen LogP contribution in [-0.4, -0.2) is 62.8 Å². The summed E-state index contributed by atoms with van der Waals surface area (Å²) in [5.41, 5.74) is 0.971. The van der Waals surface area contributed by atoms with Gasteiger partial charge in [-0.2, -0.15) is 11.8 Å². The van der Waals surface area contributed by atoms with Gasteiger partial charge in [0.25, 0.3) is 0 Å². The van der Waals surface area contributed by atoms with Crippen molar-refractivity contribution in [2.75, 3.05) is 46.7 Å². The van der Waals surface area contributed by atoms with Gasteiger partial charge in [0, 0.05) is 42.3 Å². The molecule has 7 heteroatoms. The number of methoxy groups -OCH3 is 3. The van der Waals surface area contributed by atoms with E-state index in [1.165, 1.54) is 6.42 Å². The normalized spacial score (nSPS) is 17.8. The van der Waals surface area contributed by atoms with Crippen LogP contribution in [0.15, 0.2) is 17.1 Å². The van der Waals surface area contributed by atoms with Gasteiger partial charge in [0.15, 0.2) is 17.5 Å². The minimum atomic E-state index is 0.520. The van der Waals surface area contributed by atoms with Gasteiger partial charge in [-0.15, -0.1) is 0 Å². The maximum absolute atomic E-state index is 5.52. The molecule has 6 nitrogen and oxygen atoms in total. The molecule has 1 aromatic carbocycles. The zero-order chi connectivity index (χ0) is 18.9. The van der Waals surface area contributed by atoms with Crippen molar-refractivity contribution in [3.63, 3.8) is 0 Å². The Hall–Kier alpha value is -1.76. The zero-order valence-corrected chi connectivity index (χ0v) is 17.3. The van der Waals surface area contributed by atoms with Crippen molar-refractivity contribution in [1.29, 1.82) is 0 Å². The lowest BCUT2D eigenvalue weighted by atomic mass is 10.1. The summed E-state index contributed by atoms with van der Waals surface area (Å²) >= 11 is 2.06. The molecule has 1 unspecified atom stereocenters. The molecule has 1 heterocycles. The molecule has 0 bridgehead atoms. The van der Waals surface area contributed by atoms with Crippen LogP contribution in [0.25, 0.3) is 0 Å². The van der Waals surface area contributed by atoms with Gasteiger partial charge in [0.1, 0.15) is 5.75 Å². The largest absolute Gasteiger partial charge is 0.496 e. The quantitative estimate of drug-likeness (QED) is 0.579. The summed E-state index contributed by atoms with van der Waals surface area (Å²) in [7, 11) is 4.92. The number of aliphatic imine (C=N–C) groups is 1. The summed E-state index contributed by atoms with van der Waals surface area (Å²) in [6, 6.07) is 3.78. The summed E-state index contributed by atoms with van der Waals surface area (Å²) in [5, 5.41) is 4.10. The molecule has 1 aliphatic heterocycles. The van der Waals surface area contributed by atoms with E-state index in [1.54, 1.807) is 21.3 Å². The molecule has 1 aromatic rings. The molecule has 1 fully saturated rings. The van der Waals surface area contributed by atoms with E-state index in [4.69, 9.17) is 19.2 Å². The Morgan fingerprint density at radius 3 is 2.46 bits per heavy atom. The van der Waals surface area contributed by atoms with Gasteiger partial charge in [-0.05, 0) is 19.4 Å². The van der Waals surface area contributed by atoms with Gasteiger partial charge < -0.3 is 24.4 Å². The van der Waals surface area contributed by atoms with Gasteiger partial charge in [-0.3, -0.25) is 0 Å². The minimum absolute atomic E-state index is 0.520. The standard InChI is InChI=1S/C19H31N3O3S/c1-6-15-13-22(8-9-26-15)19(20-7-2)21-12-14-10-17(24-4)18(25-5)11-16(14)23-3/h10-11,15H,6-9,12-13H2,1-5H3,(H,20,21). The van der Waals surface area contributed by atoms with Crippen LogP contribution in [0.3, 0.4) is 0 Å². The first-order chi connectivity index (χ1) is 12.7. The van der Waals surface area contributed by atoms with E-state index in [9.17, 15) is 0 Å². The molecule has 0 saturated carbocycles. The lowest BCUT2D eigenvalue weighted by Gasteiger charge is -2.34. The van der Waals surface area contributed by atoms with E-state index < -0.39 is 0 Å². The number of hydrogen-bond acceptors (Lipinski definition) is 5. The number of nitrogens with one attached hydrogen (secondary N) is 1. The monoisotopic (exact) mass is 381 g/mol. The molecule has 0 amide bonds. The zero-order valence-electron chi connectivity index (χ0n) is 16.5. The van der Waals surface area contributed by atoms with Crippen LogP contribution in [0.4, 0.5) is 0 Å². The molecule has 26 heavy (non-hydrogen) atoms. The second-order valence-corrected chi connectivity index (χ2v) is 7.44.